The molecule has 0 saturated carbocycles. The van der Waals surface area contributed by atoms with E-state index >= 15 is 0 Å². The fraction of sp³-hybridized carbons (Fsp3) is 0.571. The highest BCUT2D eigenvalue weighted by Crippen LogP contribution is 2.40. The number of nitrogen functional groups attached to an aromatic ring is 1. The highest BCUT2D eigenvalue weighted by molar-refractivity contribution is 6.33. The Labute approximate surface area is 189 Å². The van der Waals surface area contributed by atoms with Gasteiger partial charge in [-0.15, -0.1) is 0 Å². The van der Waals surface area contributed by atoms with Crippen molar-refractivity contribution in [3.05, 3.63) is 28.3 Å². The number of benzene rings is 1. The number of carbonyl (C=O) groups is 3. The molecule has 0 bridgehead atoms. The zero-order chi connectivity index (χ0) is 24.7. The van der Waals surface area contributed by atoms with Crippen LogP contribution in [0.3, 0.4) is 0 Å². The van der Waals surface area contributed by atoms with Crippen LogP contribution in [0.1, 0.15) is 45.2 Å². The largest absolute Gasteiger partial charge is 0.465 e. The van der Waals surface area contributed by atoms with Gasteiger partial charge in [-0.25, -0.2) is 0 Å². The van der Waals surface area contributed by atoms with E-state index in [-0.39, 0.29) is 31.3 Å². The minimum Gasteiger partial charge on any atom is -0.465 e. The molecular weight excluding hydrogens is 455 g/mol. The number of alkyl halides is 3. The molecule has 0 amide bonds. The molecule has 0 aliphatic carbocycles. The van der Waals surface area contributed by atoms with Gasteiger partial charge in [0, 0.05) is 0 Å². The van der Waals surface area contributed by atoms with Gasteiger partial charge >= 0.3 is 24.1 Å². The summed E-state index contributed by atoms with van der Waals surface area (Å²) in [5.41, 5.74) is 1.09. The smallest absolute Gasteiger partial charge is 0.418 e. The summed E-state index contributed by atoms with van der Waals surface area (Å²) < 4.78 is 55.3. The first-order valence-corrected chi connectivity index (χ1v) is 10.3. The Kier molecular flexibility index (Phi) is 9.81. The lowest BCUT2D eigenvalue weighted by atomic mass is 9.78. The number of carbonyl (C=O) groups excluding carboxylic acids is 3. The molecule has 0 aliphatic rings. The average molecular weight is 482 g/mol. The number of nitrogens with two attached hydrogens (primary N) is 1. The Bertz CT molecular complexity index is 824. The van der Waals surface area contributed by atoms with E-state index in [1.54, 1.807) is 13.8 Å². The summed E-state index contributed by atoms with van der Waals surface area (Å²) in [7, 11) is 0. The van der Waals surface area contributed by atoms with Crippen molar-refractivity contribution in [1.82, 2.24) is 0 Å². The highest BCUT2D eigenvalue weighted by atomic mass is 35.5. The van der Waals surface area contributed by atoms with Gasteiger partial charge in [-0.2, -0.15) is 13.2 Å². The third-order valence-electron chi connectivity index (χ3n) is 4.36. The van der Waals surface area contributed by atoms with Crippen molar-refractivity contribution in [3.8, 4) is 0 Å². The first-order chi connectivity index (χ1) is 14.8. The quantitative estimate of drug-likeness (QED) is 0.231. The van der Waals surface area contributed by atoms with Crippen LogP contribution in [-0.4, -0.2) is 37.7 Å². The first-order valence-electron chi connectivity index (χ1n) is 9.93. The Balaban J connectivity index is 3.56. The molecule has 0 unspecified atom stereocenters. The maximum atomic E-state index is 13.4. The van der Waals surface area contributed by atoms with Gasteiger partial charge in [0.1, 0.15) is 0 Å². The van der Waals surface area contributed by atoms with Gasteiger partial charge in [0.15, 0.2) is 5.41 Å². The lowest BCUT2D eigenvalue weighted by molar-refractivity contribution is -0.177. The second-order valence-electron chi connectivity index (χ2n) is 7.49. The van der Waals surface area contributed by atoms with Crippen molar-refractivity contribution >= 4 is 35.2 Å². The zero-order valence-corrected chi connectivity index (χ0v) is 19.1. The molecule has 0 atom stereocenters. The first kappa shape index (κ1) is 27.5. The number of anilines is 1. The predicted octanol–water partition coefficient (Wildman–Crippen LogP) is 4.19. The van der Waals surface area contributed by atoms with Crippen LogP contribution in [0.25, 0.3) is 0 Å². The Morgan fingerprint density at radius 1 is 1.03 bits per heavy atom. The molecule has 0 saturated heterocycles. The maximum absolute atomic E-state index is 13.4. The van der Waals surface area contributed by atoms with Crippen molar-refractivity contribution in [2.45, 2.75) is 46.7 Å². The molecule has 0 spiro atoms. The molecule has 1 aromatic carbocycles. The van der Waals surface area contributed by atoms with Crippen LogP contribution < -0.4 is 5.73 Å². The summed E-state index contributed by atoms with van der Waals surface area (Å²) in [5, 5.41) is -0.418. The topological polar surface area (TPSA) is 105 Å². The summed E-state index contributed by atoms with van der Waals surface area (Å²) >= 11 is 5.88. The number of halogens is 4. The summed E-state index contributed by atoms with van der Waals surface area (Å²) in [6, 6.07) is 1.77. The number of esters is 3. The lowest BCUT2D eigenvalue weighted by Crippen LogP contribution is -2.46. The molecular formula is C21H27ClF3NO6. The van der Waals surface area contributed by atoms with Crippen molar-refractivity contribution in [1.29, 1.82) is 0 Å². The maximum Gasteiger partial charge on any atom is 0.418 e. The Hall–Kier alpha value is -2.49. The number of hydrogen-bond acceptors (Lipinski definition) is 7. The molecule has 2 N–H and O–H groups in total. The van der Waals surface area contributed by atoms with Crippen LogP contribution in [0.15, 0.2) is 12.1 Å². The van der Waals surface area contributed by atoms with Gasteiger partial charge in [-0.1, -0.05) is 25.4 Å². The molecule has 0 radical (unpaired) electrons. The number of rotatable bonds is 10. The second kappa shape index (κ2) is 11.4. The Morgan fingerprint density at radius 3 is 2.00 bits per heavy atom. The van der Waals surface area contributed by atoms with Crippen molar-refractivity contribution < 1.29 is 41.8 Å². The number of ether oxygens (including phenoxy) is 3. The van der Waals surface area contributed by atoms with E-state index in [1.165, 1.54) is 13.8 Å². The van der Waals surface area contributed by atoms with E-state index < -0.39 is 58.6 Å². The van der Waals surface area contributed by atoms with Gasteiger partial charge in [-0.05, 0) is 43.9 Å². The van der Waals surface area contributed by atoms with Crippen LogP contribution in [0.4, 0.5) is 18.9 Å². The molecule has 180 valence electrons. The lowest BCUT2D eigenvalue weighted by Gasteiger charge is -2.29. The van der Waals surface area contributed by atoms with Crippen molar-refractivity contribution in [2.75, 3.05) is 25.6 Å². The fourth-order valence-electron chi connectivity index (χ4n) is 2.89. The molecule has 7 nitrogen and oxygen atoms in total. The minimum absolute atomic E-state index is 0.0203. The highest BCUT2D eigenvalue weighted by Gasteiger charge is 2.51. The summed E-state index contributed by atoms with van der Waals surface area (Å²) in [5.74, 6) is -3.18. The average Bonchev–Trinajstić information content (AvgIpc) is 2.67. The van der Waals surface area contributed by atoms with E-state index in [9.17, 15) is 27.6 Å². The normalized spacial score (nSPS) is 11.9. The van der Waals surface area contributed by atoms with Crippen LogP contribution in [0.5, 0.6) is 0 Å². The molecule has 0 fully saturated rings. The molecule has 1 rings (SSSR count). The Morgan fingerprint density at radius 2 is 1.56 bits per heavy atom. The molecule has 32 heavy (non-hydrogen) atoms. The van der Waals surface area contributed by atoms with E-state index in [0.717, 1.165) is 6.07 Å². The van der Waals surface area contributed by atoms with Crippen LogP contribution in [-0.2, 0) is 41.2 Å². The van der Waals surface area contributed by atoms with E-state index in [2.05, 4.69) is 0 Å². The molecule has 11 heteroatoms. The predicted molar refractivity (Wildman–Crippen MR) is 111 cm³/mol. The molecule has 0 aliphatic heterocycles. The molecule has 0 aromatic heterocycles. The summed E-state index contributed by atoms with van der Waals surface area (Å²) in [6.45, 7) is 6.26. The van der Waals surface area contributed by atoms with E-state index in [0.29, 0.717) is 6.07 Å². The van der Waals surface area contributed by atoms with Gasteiger partial charge in [-0.3, -0.25) is 14.4 Å². The monoisotopic (exact) mass is 481 g/mol. The third-order valence-corrected chi connectivity index (χ3v) is 4.67. The second-order valence-corrected chi connectivity index (χ2v) is 7.90. The van der Waals surface area contributed by atoms with Crippen molar-refractivity contribution in [3.63, 3.8) is 0 Å². The van der Waals surface area contributed by atoms with Gasteiger partial charge < -0.3 is 19.9 Å². The fourth-order valence-corrected chi connectivity index (χ4v) is 3.13. The van der Waals surface area contributed by atoms with Gasteiger partial charge in [0.05, 0.1) is 42.5 Å². The van der Waals surface area contributed by atoms with Crippen LogP contribution in [0.2, 0.25) is 5.02 Å². The summed E-state index contributed by atoms with van der Waals surface area (Å²) in [6.07, 6.45) is -6.28. The standard InChI is InChI=1S/C21H27ClF3NO6/c1-5-30-18(28)20(19(29)31-6-2,10-16(27)32-11-12(3)4)9-13-7-14(21(23,24)25)17(26)15(22)8-13/h7-8,12H,5-6,9-11,26H2,1-4H3. The van der Waals surface area contributed by atoms with E-state index in [4.69, 9.17) is 31.5 Å². The summed E-state index contributed by atoms with van der Waals surface area (Å²) in [4.78, 5) is 38.2. The minimum atomic E-state index is -4.84. The van der Waals surface area contributed by atoms with Crippen LogP contribution >= 0.6 is 11.6 Å². The van der Waals surface area contributed by atoms with Gasteiger partial charge in [0.2, 0.25) is 0 Å². The third kappa shape index (κ3) is 7.01. The van der Waals surface area contributed by atoms with Gasteiger partial charge in [0.25, 0.3) is 0 Å². The van der Waals surface area contributed by atoms with Crippen molar-refractivity contribution in [2.24, 2.45) is 11.3 Å². The van der Waals surface area contributed by atoms with Crippen LogP contribution in [0, 0.1) is 11.3 Å². The van der Waals surface area contributed by atoms with E-state index in [1.807, 2.05) is 0 Å². The number of hydrogen-bond donors (Lipinski definition) is 1. The molecule has 1 aromatic rings. The SMILES string of the molecule is CCOC(=O)C(CC(=O)OCC(C)C)(Cc1cc(Cl)c(N)c(C(F)(F)F)c1)C(=O)OCC. The zero-order valence-electron chi connectivity index (χ0n) is 18.3. The molecule has 0 heterocycles.